The fraction of sp³-hybridized carbons (Fsp3) is 0.133. The largest absolute Gasteiger partial charge is 0.493 e. The maximum atomic E-state index is 10.2. The third-order valence-corrected chi connectivity index (χ3v) is 6.92. The first-order valence-electron chi connectivity index (χ1n) is 11.8. The van der Waals surface area contributed by atoms with Crippen LogP contribution in [0.25, 0.3) is 33.8 Å². The highest BCUT2D eigenvalue weighted by Crippen LogP contribution is 2.38. The zero-order valence-corrected chi connectivity index (χ0v) is 22.0. The number of benzene rings is 3. The number of hydrogen-bond acceptors (Lipinski definition) is 8. The van der Waals surface area contributed by atoms with Gasteiger partial charge in [-0.2, -0.15) is 5.26 Å². The van der Waals surface area contributed by atoms with E-state index in [-0.39, 0.29) is 0 Å². The lowest BCUT2D eigenvalue weighted by Gasteiger charge is -2.14. The number of thioether (sulfide) groups is 1. The Labute approximate surface area is 225 Å². The van der Waals surface area contributed by atoms with E-state index in [2.05, 4.69) is 16.3 Å². The first-order chi connectivity index (χ1) is 18.6. The highest BCUT2D eigenvalue weighted by molar-refractivity contribution is 7.98. The molecule has 0 atom stereocenters. The van der Waals surface area contributed by atoms with E-state index in [9.17, 15) is 5.26 Å². The van der Waals surface area contributed by atoms with E-state index in [1.807, 2.05) is 85.8 Å². The Kier molecular flexibility index (Phi) is 7.38. The Morgan fingerprint density at radius 3 is 2.29 bits per heavy atom. The molecule has 2 heterocycles. The summed E-state index contributed by atoms with van der Waals surface area (Å²) in [4.78, 5) is 4.88. The van der Waals surface area contributed by atoms with Crippen molar-refractivity contribution in [1.29, 1.82) is 5.26 Å². The van der Waals surface area contributed by atoms with E-state index in [4.69, 9.17) is 18.9 Å². The molecule has 0 aliphatic heterocycles. The van der Waals surface area contributed by atoms with Crippen LogP contribution in [-0.4, -0.2) is 29.4 Å². The number of methoxy groups -OCH3 is 2. The SMILES string of the molecule is COc1ccc(-c2cc(-c3ccc(C)cc3)nc(SCc3nnc(-c4ccccc4)o3)c2C#N)cc1OC. The highest BCUT2D eigenvalue weighted by atomic mass is 32.2. The summed E-state index contributed by atoms with van der Waals surface area (Å²) in [5, 5.41) is 19.2. The maximum absolute atomic E-state index is 10.2. The van der Waals surface area contributed by atoms with Gasteiger partial charge in [-0.3, -0.25) is 0 Å². The van der Waals surface area contributed by atoms with Gasteiger partial charge in [0.05, 0.1) is 31.2 Å². The van der Waals surface area contributed by atoms with Crippen LogP contribution in [0.2, 0.25) is 0 Å². The lowest BCUT2D eigenvalue weighted by molar-refractivity contribution is 0.355. The number of aromatic nitrogens is 3. The van der Waals surface area contributed by atoms with Crippen LogP contribution in [0.3, 0.4) is 0 Å². The van der Waals surface area contributed by atoms with E-state index in [0.29, 0.717) is 39.6 Å². The molecule has 0 saturated carbocycles. The molecule has 0 fully saturated rings. The smallest absolute Gasteiger partial charge is 0.247 e. The summed E-state index contributed by atoms with van der Waals surface area (Å²) < 4.78 is 16.8. The number of hydrogen-bond donors (Lipinski definition) is 0. The first kappa shape index (κ1) is 25.1. The molecule has 3 aromatic carbocycles. The molecule has 0 aliphatic carbocycles. The molecule has 0 unspecified atom stereocenters. The fourth-order valence-corrected chi connectivity index (χ4v) is 4.82. The van der Waals surface area contributed by atoms with Crippen molar-refractivity contribution in [3.05, 3.63) is 95.9 Å². The van der Waals surface area contributed by atoms with Gasteiger partial charge in [-0.15, -0.1) is 10.2 Å². The second kappa shape index (κ2) is 11.2. The van der Waals surface area contributed by atoms with Crippen molar-refractivity contribution in [3.63, 3.8) is 0 Å². The van der Waals surface area contributed by atoms with Crippen molar-refractivity contribution < 1.29 is 13.9 Å². The van der Waals surface area contributed by atoms with Crippen LogP contribution in [0.5, 0.6) is 11.5 Å². The minimum Gasteiger partial charge on any atom is -0.493 e. The molecule has 0 bridgehead atoms. The summed E-state index contributed by atoms with van der Waals surface area (Å²) in [6, 6.07) is 27.7. The summed E-state index contributed by atoms with van der Waals surface area (Å²) in [5.41, 5.74) is 5.74. The topological polar surface area (TPSA) is 94.1 Å². The van der Waals surface area contributed by atoms with Gasteiger partial charge >= 0.3 is 0 Å². The van der Waals surface area contributed by atoms with Crippen LogP contribution < -0.4 is 9.47 Å². The number of aryl methyl sites for hydroxylation is 1. The quantitative estimate of drug-likeness (QED) is 0.203. The second-order valence-corrected chi connectivity index (χ2v) is 9.40. The molecule has 7 nitrogen and oxygen atoms in total. The van der Waals surface area contributed by atoms with Crippen molar-refractivity contribution >= 4 is 11.8 Å². The Balaban J connectivity index is 1.55. The zero-order chi connectivity index (χ0) is 26.5. The van der Waals surface area contributed by atoms with Gasteiger partial charge in [-0.25, -0.2) is 4.98 Å². The van der Waals surface area contributed by atoms with E-state index in [0.717, 1.165) is 33.5 Å². The summed E-state index contributed by atoms with van der Waals surface area (Å²) in [5.74, 6) is 2.46. The van der Waals surface area contributed by atoms with Crippen LogP contribution in [0.15, 0.2) is 88.3 Å². The molecular formula is C30H24N4O3S. The molecule has 5 rings (SSSR count). The van der Waals surface area contributed by atoms with Crippen molar-refractivity contribution in [2.75, 3.05) is 14.2 Å². The molecule has 0 aliphatic rings. The molecule has 0 radical (unpaired) electrons. The van der Waals surface area contributed by atoms with Crippen LogP contribution in [0.4, 0.5) is 0 Å². The molecule has 0 amide bonds. The number of nitrogens with zero attached hydrogens (tertiary/aromatic N) is 4. The highest BCUT2D eigenvalue weighted by Gasteiger charge is 2.19. The normalized spacial score (nSPS) is 10.7. The minimum atomic E-state index is 0.365. The van der Waals surface area contributed by atoms with Crippen molar-refractivity contribution in [2.24, 2.45) is 0 Å². The van der Waals surface area contributed by atoms with Crippen molar-refractivity contribution in [1.82, 2.24) is 15.2 Å². The molecule has 0 saturated heterocycles. The summed E-state index contributed by atoms with van der Waals surface area (Å²) >= 11 is 1.39. The maximum Gasteiger partial charge on any atom is 0.247 e. The van der Waals surface area contributed by atoms with Gasteiger partial charge in [0, 0.05) is 16.7 Å². The monoisotopic (exact) mass is 520 g/mol. The predicted molar refractivity (Wildman–Crippen MR) is 147 cm³/mol. The molecule has 8 heteroatoms. The van der Waals surface area contributed by atoms with Crippen LogP contribution in [-0.2, 0) is 5.75 Å². The predicted octanol–water partition coefficient (Wildman–Crippen LogP) is 6.96. The molecule has 5 aromatic rings. The zero-order valence-electron chi connectivity index (χ0n) is 21.1. The Morgan fingerprint density at radius 1 is 0.842 bits per heavy atom. The van der Waals surface area contributed by atoms with E-state index >= 15 is 0 Å². The van der Waals surface area contributed by atoms with Crippen LogP contribution in [0, 0.1) is 18.3 Å². The van der Waals surface area contributed by atoms with Gasteiger partial charge in [0.25, 0.3) is 0 Å². The lowest BCUT2D eigenvalue weighted by Crippen LogP contribution is -1.97. The molecule has 38 heavy (non-hydrogen) atoms. The van der Waals surface area contributed by atoms with E-state index in [1.54, 1.807) is 14.2 Å². The van der Waals surface area contributed by atoms with E-state index in [1.165, 1.54) is 11.8 Å². The number of pyridine rings is 1. The summed E-state index contributed by atoms with van der Waals surface area (Å²) in [6.07, 6.45) is 0. The van der Waals surface area contributed by atoms with Gasteiger partial charge in [0.2, 0.25) is 11.8 Å². The van der Waals surface area contributed by atoms with Gasteiger partial charge in [0.1, 0.15) is 11.1 Å². The molecule has 0 N–H and O–H groups in total. The van der Waals surface area contributed by atoms with Crippen LogP contribution in [0.1, 0.15) is 17.0 Å². The molecule has 188 valence electrons. The minimum absolute atomic E-state index is 0.365. The van der Waals surface area contributed by atoms with Crippen LogP contribution >= 0.6 is 11.8 Å². The van der Waals surface area contributed by atoms with E-state index < -0.39 is 0 Å². The summed E-state index contributed by atoms with van der Waals surface area (Å²) in [6.45, 7) is 2.04. The number of nitriles is 1. The molecular weight excluding hydrogens is 496 g/mol. The Morgan fingerprint density at radius 2 is 1.58 bits per heavy atom. The van der Waals surface area contributed by atoms with Gasteiger partial charge in [-0.1, -0.05) is 65.9 Å². The lowest BCUT2D eigenvalue weighted by atomic mass is 9.98. The standard InChI is InChI=1S/C30H24N4O3S/c1-19-9-11-20(12-10-19)25-16-23(22-13-14-26(35-2)27(15-22)36-3)24(17-31)30(32-25)38-18-28-33-34-29(37-28)21-7-5-4-6-8-21/h4-16H,18H2,1-3H3. The first-order valence-corrected chi connectivity index (χ1v) is 12.8. The van der Waals surface area contributed by atoms with Crippen molar-refractivity contribution in [2.45, 2.75) is 17.7 Å². The van der Waals surface area contributed by atoms with Gasteiger partial charge in [-0.05, 0) is 42.8 Å². The molecule has 0 spiro atoms. The Hall–Kier alpha value is -4.61. The molecule has 2 aromatic heterocycles. The van der Waals surface area contributed by atoms with Gasteiger partial charge < -0.3 is 13.9 Å². The van der Waals surface area contributed by atoms with Gasteiger partial charge in [0.15, 0.2) is 11.5 Å². The van der Waals surface area contributed by atoms with Crippen molar-refractivity contribution in [3.8, 4) is 51.4 Å². The number of rotatable bonds is 8. The fourth-order valence-electron chi connectivity index (χ4n) is 3.98. The summed E-state index contributed by atoms with van der Waals surface area (Å²) in [7, 11) is 3.18. The average Bonchev–Trinajstić information content (AvgIpc) is 3.45. The third kappa shape index (κ3) is 5.24. The Bertz CT molecular complexity index is 1610. The third-order valence-electron chi connectivity index (χ3n) is 5.96. The second-order valence-electron chi connectivity index (χ2n) is 8.44. The average molecular weight is 521 g/mol. The number of ether oxygens (including phenoxy) is 2.